The smallest absolute Gasteiger partial charge is 0.241 e. The van der Waals surface area contributed by atoms with Gasteiger partial charge in [0, 0.05) is 11.8 Å². The number of carbonyl (C=O) groups excluding carboxylic acids is 1. The van der Waals surface area contributed by atoms with Crippen molar-refractivity contribution in [3.63, 3.8) is 0 Å². The molecule has 1 aliphatic rings. The predicted octanol–water partition coefficient (Wildman–Crippen LogP) is 2.71. The van der Waals surface area contributed by atoms with E-state index in [1.54, 1.807) is 23.1 Å². The zero-order chi connectivity index (χ0) is 13.1. The highest BCUT2D eigenvalue weighted by Crippen LogP contribution is 2.30. The van der Waals surface area contributed by atoms with Crippen molar-refractivity contribution in [2.24, 2.45) is 0 Å². The molecule has 1 fully saturated rings. The molecule has 1 N–H and O–H groups in total. The predicted molar refractivity (Wildman–Crippen MR) is 79.0 cm³/mol. The molecule has 0 aromatic carbocycles. The maximum atomic E-state index is 12.3. The van der Waals surface area contributed by atoms with Crippen LogP contribution in [-0.4, -0.2) is 34.9 Å². The Labute approximate surface area is 117 Å². The monoisotopic (exact) mass is 284 g/mol. The zero-order valence-electron chi connectivity index (χ0n) is 11.1. The first kappa shape index (κ1) is 13.9. The quantitative estimate of drug-likeness (QED) is 0.902. The lowest BCUT2D eigenvalue weighted by Crippen LogP contribution is -2.41. The van der Waals surface area contributed by atoms with Crippen LogP contribution in [0.25, 0.3) is 0 Å². The van der Waals surface area contributed by atoms with E-state index in [1.165, 1.54) is 5.56 Å². The van der Waals surface area contributed by atoms with Crippen molar-refractivity contribution in [1.29, 1.82) is 0 Å². The molecule has 2 heterocycles. The highest BCUT2D eigenvalue weighted by molar-refractivity contribution is 7.98. The van der Waals surface area contributed by atoms with Crippen LogP contribution in [0.1, 0.15) is 32.0 Å². The highest BCUT2D eigenvalue weighted by atomic mass is 32.2. The first-order valence-electron chi connectivity index (χ1n) is 6.28. The topological polar surface area (TPSA) is 32.3 Å². The van der Waals surface area contributed by atoms with Gasteiger partial charge >= 0.3 is 0 Å². The van der Waals surface area contributed by atoms with Crippen LogP contribution in [0.5, 0.6) is 0 Å². The van der Waals surface area contributed by atoms with Crippen LogP contribution < -0.4 is 5.32 Å². The van der Waals surface area contributed by atoms with Crippen LogP contribution in [0.3, 0.4) is 0 Å². The number of hydrogen-bond acceptors (Lipinski definition) is 4. The molecule has 3 nitrogen and oxygen atoms in total. The summed E-state index contributed by atoms with van der Waals surface area (Å²) in [6.45, 7) is 4.11. The van der Waals surface area contributed by atoms with Gasteiger partial charge in [0.05, 0.1) is 6.04 Å². The fourth-order valence-electron chi connectivity index (χ4n) is 2.40. The van der Waals surface area contributed by atoms with Crippen LogP contribution in [0.4, 0.5) is 0 Å². The molecule has 100 valence electrons. The number of nitrogens with zero attached hydrogens (tertiary/aromatic N) is 1. The largest absolute Gasteiger partial charge is 0.318 e. The summed E-state index contributed by atoms with van der Waals surface area (Å²) in [5, 5.41) is 7.60. The van der Waals surface area contributed by atoms with E-state index in [1.807, 2.05) is 11.8 Å². The third kappa shape index (κ3) is 2.58. The SMILES string of the molecule is CCC(CSC)N1C(=O)C(C)NC1c1ccsc1. The van der Waals surface area contributed by atoms with E-state index in [2.05, 4.69) is 35.3 Å². The Morgan fingerprint density at radius 1 is 1.61 bits per heavy atom. The number of thiophene rings is 1. The normalized spacial score (nSPS) is 25.7. The third-order valence-electron chi connectivity index (χ3n) is 3.39. The zero-order valence-corrected chi connectivity index (χ0v) is 12.7. The summed E-state index contributed by atoms with van der Waals surface area (Å²) < 4.78 is 0. The summed E-state index contributed by atoms with van der Waals surface area (Å²) >= 11 is 3.49. The van der Waals surface area contributed by atoms with Gasteiger partial charge in [0.2, 0.25) is 5.91 Å². The minimum absolute atomic E-state index is 0.0517. The van der Waals surface area contributed by atoms with Gasteiger partial charge in [0.1, 0.15) is 6.17 Å². The van der Waals surface area contributed by atoms with Gasteiger partial charge in [-0.15, -0.1) is 0 Å². The lowest BCUT2D eigenvalue weighted by atomic mass is 10.1. The molecule has 0 aliphatic carbocycles. The minimum atomic E-state index is -0.0780. The lowest BCUT2D eigenvalue weighted by Gasteiger charge is -2.31. The Balaban J connectivity index is 2.25. The van der Waals surface area contributed by atoms with Gasteiger partial charge < -0.3 is 4.90 Å². The molecule has 1 amide bonds. The third-order valence-corrected chi connectivity index (χ3v) is 4.81. The molecular formula is C13H20N2OS2. The van der Waals surface area contributed by atoms with Crippen molar-refractivity contribution in [1.82, 2.24) is 10.2 Å². The van der Waals surface area contributed by atoms with E-state index in [9.17, 15) is 4.79 Å². The van der Waals surface area contributed by atoms with Gasteiger partial charge in [-0.25, -0.2) is 0 Å². The average Bonchev–Trinajstić information content (AvgIpc) is 2.97. The fraction of sp³-hybridized carbons (Fsp3) is 0.615. The van der Waals surface area contributed by atoms with Gasteiger partial charge in [-0.1, -0.05) is 6.92 Å². The number of rotatable bonds is 5. The van der Waals surface area contributed by atoms with E-state index >= 15 is 0 Å². The minimum Gasteiger partial charge on any atom is -0.318 e. The first-order valence-corrected chi connectivity index (χ1v) is 8.62. The summed E-state index contributed by atoms with van der Waals surface area (Å²) in [7, 11) is 0. The van der Waals surface area contributed by atoms with Crippen molar-refractivity contribution < 1.29 is 4.79 Å². The van der Waals surface area contributed by atoms with E-state index in [-0.39, 0.29) is 18.1 Å². The standard InChI is InChI=1S/C13H20N2OS2/c1-4-11(8-17-3)15-12(10-5-6-18-7-10)14-9(2)13(15)16/h5-7,9,11-12,14H,4,8H2,1-3H3. The summed E-state index contributed by atoms with van der Waals surface area (Å²) in [5.41, 5.74) is 1.21. The molecule has 5 heteroatoms. The first-order chi connectivity index (χ1) is 8.69. The second kappa shape index (κ2) is 6.08. The second-order valence-electron chi connectivity index (χ2n) is 4.61. The average molecular weight is 284 g/mol. The molecule has 2 rings (SSSR count). The summed E-state index contributed by atoms with van der Waals surface area (Å²) in [6, 6.07) is 2.34. The number of amides is 1. The summed E-state index contributed by atoms with van der Waals surface area (Å²) in [4.78, 5) is 14.4. The van der Waals surface area contributed by atoms with E-state index < -0.39 is 0 Å². The fourth-order valence-corrected chi connectivity index (χ4v) is 3.86. The van der Waals surface area contributed by atoms with Gasteiger partial charge in [-0.3, -0.25) is 10.1 Å². The van der Waals surface area contributed by atoms with Crippen molar-refractivity contribution in [2.75, 3.05) is 12.0 Å². The van der Waals surface area contributed by atoms with Crippen LogP contribution in [0.2, 0.25) is 0 Å². The molecule has 1 aromatic rings. The molecule has 1 aliphatic heterocycles. The molecule has 0 bridgehead atoms. The maximum absolute atomic E-state index is 12.3. The molecule has 0 saturated carbocycles. The number of thioether (sulfide) groups is 1. The molecule has 1 aromatic heterocycles. The Kier molecular flexibility index (Phi) is 4.70. The molecule has 1 saturated heterocycles. The maximum Gasteiger partial charge on any atom is 0.241 e. The van der Waals surface area contributed by atoms with Gasteiger partial charge in [-0.05, 0) is 42.0 Å². The molecule has 0 radical (unpaired) electrons. The number of hydrogen-bond donors (Lipinski definition) is 1. The van der Waals surface area contributed by atoms with Crippen LogP contribution in [0.15, 0.2) is 16.8 Å². The van der Waals surface area contributed by atoms with Gasteiger partial charge in [0.25, 0.3) is 0 Å². The van der Waals surface area contributed by atoms with E-state index in [0.717, 1.165) is 12.2 Å². The van der Waals surface area contributed by atoms with Crippen molar-refractivity contribution in [3.05, 3.63) is 22.4 Å². The summed E-state index contributed by atoms with van der Waals surface area (Å²) in [5.74, 6) is 1.23. The molecular weight excluding hydrogens is 264 g/mol. The van der Waals surface area contributed by atoms with Crippen molar-refractivity contribution in [2.45, 2.75) is 38.5 Å². The van der Waals surface area contributed by atoms with E-state index in [0.29, 0.717) is 6.04 Å². The lowest BCUT2D eigenvalue weighted by molar-refractivity contribution is -0.131. The molecule has 3 atom stereocenters. The Morgan fingerprint density at radius 3 is 2.94 bits per heavy atom. The Bertz CT molecular complexity index is 394. The Morgan fingerprint density at radius 2 is 2.39 bits per heavy atom. The summed E-state index contributed by atoms with van der Waals surface area (Å²) in [6.07, 6.45) is 3.15. The number of carbonyl (C=O) groups is 1. The van der Waals surface area contributed by atoms with Gasteiger partial charge in [-0.2, -0.15) is 23.1 Å². The van der Waals surface area contributed by atoms with Crippen LogP contribution >= 0.6 is 23.1 Å². The van der Waals surface area contributed by atoms with Gasteiger partial charge in [0.15, 0.2) is 0 Å². The molecule has 3 unspecified atom stereocenters. The highest BCUT2D eigenvalue weighted by Gasteiger charge is 2.40. The molecule has 0 spiro atoms. The van der Waals surface area contributed by atoms with E-state index in [4.69, 9.17) is 0 Å². The van der Waals surface area contributed by atoms with Crippen molar-refractivity contribution in [3.8, 4) is 0 Å². The number of nitrogens with one attached hydrogen (secondary N) is 1. The van der Waals surface area contributed by atoms with Crippen LogP contribution in [-0.2, 0) is 4.79 Å². The van der Waals surface area contributed by atoms with Crippen molar-refractivity contribution >= 4 is 29.0 Å². The molecule has 18 heavy (non-hydrogen) atoms. The second-order valence-corrected chi connectivity index (χ2v) is 6.30. The van der Waals surface area contributed by atoms with Crippen LogP contribution in [0, 0.1) is 0 Å². The Hall–Kier alpha value is -0.520.